The number of methoxy groups -OCH3 is 1. The molecule has 0 saturated heterocycles. The molecule has 2 aromatic rings. The van der Waals surface area contributed by atoms with E-state index in [1.54, 1.807) is 37.4 Å². The second kappa shape index (κ2) is 10.5. The van der Waals surface area contributed by atoms with Crippen molar-refractivity contribution in [2.24, 2.45) is 5.10 Å². The number of hydrogen-bond acceptors (Lipinski definition) is 5. The van der Waals surface area contributed by atoms with Gasteiger partial charge in [0, 0.05) is 5.69 Å². The number of ether oxygens (including phenoxy) is 2. The van der Waals surface area contributed by atoms with E-state index >= 15 is 0 Å². The smallest absolute Gasteiger partial charge is 0.249 e. The number of hydrogen-bond donors (Lipinski definition) is 2. The van der Waals surface area contributed by atoms with Crippen LogP contribution in [0.3, 0.4) is 0 Å². The van der Waals surface area contributed by atoms with Crippen molar-refractivity contribution in [3.8, 4) is 11.5 Å². The van der Waals surface area contributed by atoms with Gasteiger partial charge < -0.3 is 14.8 Å². The topological polar surface area (TPSA) is 89.0 Å². The van der Waals surface area contributed by atoms with Crippen molar-refractivity contribution in [2.75, 3.05) is 19.0 Å². The van der Waals surface area contributed by atoms with Crippen LogP contribution in [0.2, 0.25) is 0 Å². The summed E-state index contributed by atoms with van der Waals surface area (Å²) in [4.78, 5) is 23.7. The summed E-state index contributed by atoms with van der Waals surface area (Å²) in [7, 11) is 1.58. The molecule has 0 unspecified atom stereocenters. The van der Waals surface area contributed by atoms with Gasteiger partial charge in [0.15, 0.2) is 11.5 Å². The van der Waals surface area contributed by atoms with Crippen molar-refractivity contribution in [2.45, 2.75) is 13.3 Å². The van der Waals surface area contributed by atoms with E-state index in [0.717, 1.165) is 9.13 Å². The Morgan fingerprint density at radius 1 is 1.19 bits per heavy atom. The lowest BCUT2D eigenvalue weighted by atomic mass is 10.2. The van der Waals surface area contributed by atoms with E-state index in [1.165, 1.54) is 6.21 Å². The van der Waals surface area contributed by atoms with Crippen molar-refractivity contribution >= 4 is 46.3 Å². The van der Waals surface area contributed by atoms with Gasteiger partial charge in [-0.3, -0.25) is 9.59 Å². The molecule has 0 spiro atoms. The highest BCUT2D eigenvalue weighted by Gasteiger charge is 2.11. The molecule has 27 heavy (non-hydrogen) atoms. The predicted molar refractivity (Wildman–Crippen MR) is 112 cm³/mol. The Kier molecular flexibility index (Phi) is 8.05. The van der Waals surface area contributed by atoms with Gasteiger partial charge in [0.2, 0.25) is 11.8 Å². The Morgan fingerprint density at radius 2 is 1.93 bits per heavy atom. The summed E-state index contributed by atoms with van der Waals surface area (Å²) < 4.78 is 11.7. The molecular formula is C19H20IN3O4. The molecule has 0 bridgehead atoms. The molecule has 2 amide bonds. The number of carbonyl (C=O) groups is 2. The van der Waals surface area contributed by atoms with Crippen LogP contribution < -0.4 is 20.2 Å². The van der Waals surface area contributed by atoms with Crippen molar-refractivity contribution in [3.63, 3.8) is 0 Å². The number of anilines is 1. The highest BCUT2D eigenvalue weighted by atomic mass is 127. The van der Waals surface area contributed by atoms with E-state index in [9.17, 15) is 9.59 Å². The number of amides is 2. The highest BCUT2D eigenvalue weighted by Crippen LogP contribution is 2.33. The quantitative estimate of drug-likeness (QED) is 0.263. The second-order valence-corrected chi connectivity index (χ2v) is 6.51. The third-order valence-electron chi connectivity index (χ3n) is 3.32. The summed E-state index contributed by atoms with van der Waals surface area (Å²) >= 11 is 2.14. The first-order valence-corrected chi connectivity index (χ1v) is 9.28. The molecule has 0 saturated carbocycles. The minimum atomic E-state index is -0.507. The van der Waals surface area contributed by atoms with E-state index in [2.05, 4.69) is 38.4 Å². The van der Waals surface area contributed by atoms with Gasteiger partial charge in [-0.1, -0.05) is 18.2 Å². The van der Waals surface area contributed by atoms with Crippen LogP contribution in [0.25, 0.3) is 0 Å². The Hall–Kier alpha value is -2.62. The molecule has 0 radical (unpaired) electrons. The summed E-state index contributed by atoms with van der Waals surface area (Å²) in [6.45, 7) is 2.38. The standard InChI is InChI=1S/C19H20IN3O4/c1-3-27-16-10-13(9-15(20)19(16)26-2)12-21-23-18(25)11-17(24)22-14-7-5-4-6-8-14/h4-10,12H,3,11H2,1-2H3,(H,22,24)(H,23,25). The van der Waals surface area contributed by atoms with Crippen LogP contribution in [0.1, 0.15) is 18.9 Å². The number of para-hydroxylation sites is 1. The first kappa shape index (κ1) is 20.7. The molecule has 142 valence electrons. The van der Waals surface area contributed by atoms with Crippen LogP contribution in [0.5, 0.6) is 11.5 Å². The van der Waals surface area contributed by atoms with E-state index in [1.807, 2.05) is 19.1 Å². The van der Waals surface area contributed by atoms with Crippen molar-refractivity contribution in [1.29, 1.82) is 0 Å². The summed E-state index contributed by atoms with van der Waals surface area (Å²) in [6, 6.07) is 12.5. The number of halogens is 1. The first-order chi connectivity index (χ1) is 13.0. The number of hydrazone groups is 1. The first-order valence-electron chi connectivity index (χ1n) is 8.20. The molecule has 0 aliphatic heterocycles. The predicted octanol–water partition coefficient (Wildman–Crippen LogP) is 3.18. The molecule has 7 nitrogen and oxygen atoms in total. The number of nitrogens with one attached hydrogen (secondary N) is 2. The largest absolute Gasteiger partial charge is 0.492 e. The maximum absolute atomic E-state index is 11.8. The fourth-order valence-corrected chi connectivity index (χ4v) is 3.06. The Balaban J connectivity index is 1.92. The molecule has 2 rings (SSSR count). The lowest BCUT2D eigenvalue weighted by molar-refractivity contribution is -0.126. The van der Waals surface area contributed by atoms with Crippen LogP contribution in [0, 0.1) is 3.57 Å². The van der Waals surface area contributed by atoms with E-state index in [-0.39, 0.29) is 6.42 Å². The van der Waals surface area contributed by atoms with Gasteiger partial charge in [0.25, 0.3) is 0 Å². The van der Waals surface area contributed by atoms with Crippen molar-refractivity contribution in [1.82, 2.24) is 5.43 Å². The van der Waals surface area contributed by atoms with Crippen LogP contribution in [0.15, 0.2) is 47.6 Å². The average molecular weight is 481 g/mol. The summed E-state index contributed by atoms with van der Waals surface area (Å²) in [5.74, 6) is 0.331. The molecular weight excluding hydrogens is 461 g/mol. The molecule has 0 aromatic heterocycles. The molecule has 2 aromatic carbocycles. The minimum absolute atomic E-state index is 0.323. The zero-order valence-electron chi connectivity index (χ0n) is 15.0. The maximum Gasteiger partial charge on any atom is 0.249 e. The normalized spacial score (nSPS) is 10.5. The molecule has 8 heteroatoms. The molecule has 0 heterocycles. The van der Waals surface area contributed by atoms with Gasteiger partial charge in [-0.05, 0) is 59.3 Å². The van der Waals surface area contributed by atoms with Gasteiger partial charge >= 0.3 is 0 Å². The lowest BCUT2D eigenvalue weighted by Crippen LogP contribution is -2.24. The summed E-state index contributed by atoms with van der Waals surface area (Å²) in [5.41, 5.74) is 3.71. The van der Waals surface area contributed by atoms with E-state index < -0.39 is 11.8 Å². The van der Waals surface area contributed by atoms with Gasteiger partial charge in [-0.15, -0.1) is 0 Å². The molecule has 0 fully saturated rings. The molecule has 0 aliphatic rings. The van der Waals surface area contributed by atoms with E-state index in [4.69, 9.17) is 9.47 Å². The monoisotopic (exact) mass is 481 g/mol. The van der Waals surface area contributed by atoms with Gasteiger partial charge in [0.1, 0.15) is 6.42 Å². The third kappa shape index (κ3) is 6.55. The molecule has 0 aliphatic carbocycles. The second-order valence-electron chi connectivity index (χ2n) is 5.35. The fourth-order valence-electron chi connectivity index (χ4n) is 2.21. The van der Waals surface area contributed by atoms with Crippen LogP contribution in [0.4, 0.5) is 5.69 Å². The minimum Gasteiger partial charge on any atom is -0.492 e. The summed E-state index contributed by atoms with van der Waals surface area (Å²) in [5, 5.41) is 6.53. The van der Waals surface area contributed by atoms with Gasteiger partial charge in [-0.25, -0.2) is 5.43 Å². The lowest BCUT2D eigenvalue weighted by Gasteiger charge is -2.11. The Bertz CT molecular complexity index is 825. The Morgan fingerprint density at radius 3 is 2.59 bits per heavy atom. The fraction of sp³-hybridized carbons (Fsp3) is 0.211. The van der Waals surface area contributed by atoms with Gasteiger partial charge in [0.05, 0.1) is 23.5 Å². The third-order valence-corrected chi connectivity index (χ3v) is 4.12. The summed E-state index contributed by atoms with van der Waals surface area (Å²) in [6.07, 6.45) is 1.16. The zero-order chi connectivity index (χ0) is 19.6. The van der Waals surface area contributed by atoms with Crippen LogP contribution >= 0.6 is 22.6 Å². The van der Waals surface area contributed by atoms with Gasteiger partial charge in [-0.2, -0.15) is 5.10 Å². The van der Waals surface area contributed by atoms with Crippen LogP contribution in [-0.4, -0.2) is 31.7 Å². The van der Waals surface area contributed by atoms with Crippen LogP contribution in [-0.2, 0) is 9.59 Å². The Labute approximate surface area is 171 Å². The SMILES string of the molecule is CCOc1cc(C=NNC(=O)CC(=O)Nc2ccccc2)cc(I)c1OC. The molecule has 0 atom stereocenters. The molecule has 2 N–H and O–H groups in total. The number of benzene rings is 2. The van der Waals surface area contributed by atoms with Crippen molar-refractivity contribution in [3.05, 3.63) is 51.6 Å². The number of rotatable bonds is 8. The maximum atomic E-state index is 11.8. The number of carbonyl (C=O) groups excluding carboxylic acids is 2. The van der Waals surface area contributed by atoms with E-state index in [0.29, 0.717) is 23.8 Å². The number of nitrogens with zero attached hydrogens (tertiary/aromatic N) is 1. The van der Waals surface area contributed by atoms with Crippen molar-refractivity contribution < 1.29 is 19.1 Å². The highest BCUT2D eigenvalue weighted by molar-refractivity contribution is 14.1. The zero-order valence-corrected chi connectivity index (χ0v) is 17.1. The average Bonchev–Trinajstić information content (AvgIpc) is 2.62.